The average Bonchev–Trinajstić information content (AvgIpc) is 2.28. The van der Waals surface area contributed by atoms with E-state index in [4.69, 9.17) is 24.1 Å². The number of carboxylic acids is 1. The van der Waals surface area contributed by atoms with Crippen molar-refractivity contribution >= 4 is 11.9 Å². The highest BCUT2D eigenvalue weighted by Gasteiger charge is 2.15. The number of esters is 1. The summed E-state index contributed by atoms with van der Waals surface area (Å²) >= 11 is 0. The first-order valence-electron chi connectivity index (χ1n) is 6.48. The van der Waals surface area contributed by atoms with E-state index in [9.17, 15) is 9.59 Å². The van der Waals surface area contributed by atoms with Crippen LogP contribution in [0.5, 0.6) is 0 Å². The number of hydrogen-bond donors (Lipinski definition) is 1. The first-order valence-corrected chi connectivity index (χ1v) is 6.48. The summed E-state index contributed by atoms with van der Waals surface area (Å²) in [5.41, 5.74) is -0.510. The quantitative estimate of drug-likeness (QED) is 0.446. The van der Waals surface area contributed by atoms with Crippen LogP contribution in [-0.2, 0) is 28.5 Å². The Hall–Kier alpha value is -1.18. The predicted octanol–water partition coefficient (Wildman–Crippen LogP) is 0.853. The van der Waals surface area contributed by atoms with Crippen LogP contribution in [0.15, 0.2) is 0 Å². The second-order valence-electron chi connectivity index (χ2n) is 5.01. The van der Waals surface area contributed by atoms with Crippen LogP contribution in [-0.4, -0.2) is 62.3 Å². The maximum absolute atomic E-state index is 11.3. The van der Waals surface area contributed by atoms with Gasteiger partial charge < -0.3 is 24.1 Å². The lowest BCUT2D eigenvalue weighted by Gasteiger charge is -2.19. The van der Waals surface area contributed by atoms with Crippen LogP contribution >= 0.6 is 0 Å². The molecule has 0 spiro atoms. The van der Waals surface area contributed by atoms with Crippen molar-refractivity contribution in [3.8, 4) is 0 Å². The summed E-state index contributed by atoms with van der Waals surface area (Å²) in [7, 11) is 0. The molecule has 0 fully saturated rings. The van der Waals surface area contributed by atoms with Gasteiger partial charge in [-0.3, -0.25) is 4.79 Å². The Morgan fingerprint density at radius 2 is 1.40 bits per heavy atom. The van der Waals surface area contributed by atoms with Crippen molar-refractivity contribution in [2.75, 3.05) is 39.6 Å². The maximum atomic E-state index is 11.3. The Morgan fingerprint density at radius 3 is 1.90 bits per heavy atom. The van der Waals surface area contributed by atoms with Gasteiger partial charge in [0.25, 0.3) is 0 Å². The Morgan fingerprint density at radius 1 is 0.900 bits per heavy atom. The largest absolute Gasteiger partial charge is 0.481 e. The molecule has 0 amide bonds. The molecule has 0 saturated heterocycles. The van der Waals surface area contributed by atoms with Crippen molar-refractivity contribution in [1.29, 1.82) is 0 Å². The summed E-state index contributed by atoms with van der Waals surface area (Å²) in [4.78, 5) is 21.4. The first kappa shape index (κ1) is 18.8. The maximum Gasteiger partial charge on any atom is 0.332 e. The smallest absolute Gasteiger partial charge is 0.332 e. The summed E-state index contributed by atoms with van der Waals surface area (Å²) < 4.78 is 20.3. The van der Waals surface area contributed by atoms with Crippen LogP contribution in [0.25, 0.3) is 0 Å². The standard InChI is InChI=1S/C13H24O7/c1-13(2,3)20-12(16)10-19-9-8-18-7-6-17-5-4-11(14)15/h4-10H2,1-3H3,(H,14,15). The molecule has 0 bridgehead atoms. The number of hydrogen-bond acceptors (Lipinski definition) is 6. The van der Waals surface area contributed by atoms with Gasteiger partial charge in [0, 0.05) is 0 Å². The van der Waals surface area contributed by atoms with E-state index in [1.54, 1.807) is 20.8 Å². The van der Waals surface area contributed by atoms with E-state index in [2.05, 4.69) is 0 Å². The van der Waals surface area contributed by atoms with Crippen LogP contribution < -0.4 is 0 Å². The zero-order valence-electron chi connectivity index (χ0n) is 12.3. The highest BCUT2D eigenvalue weighted by Crippen LogP contribution is 2.06. The molecule has 118 valence electrons. The van der Waals surface area contributed by atoms with E-state index in [-0.39, 0.29) is 26.2 Å². The topological polar surface area (TPSA) is 91.3 Å². The molecule has 0 aromatic heterocycles. The Kier molecular flexibility index (Phi) is 9.96. The fourth-order valence-corrected chi connectivity index (χ4v) is 1.13. The second kappa shape index (κ2) is 10.6. The highest BCUT2D eigenvalue weighted by molar-refractivity contribution is 5.71. The normalized spacial score (nSPS) is 11.3. The molecule has 0 aromatic carbocycles. The second-order valence-corrected chi connectivity index (χ2v) is 5.01. The van der Waals surface area contributed by atoms with E-state index < -0.39 is 17.5 Å². The summed E-state index contributed by atoms with van der Waals surface area (Å²) in [6.07, 6.45) is -0.0149. The zero-order valence-corrected chi connectivity index (χ0v) is 12.3. The molecule has 0 aliphatic rings. The lowest BCUT2D eigenvalue weighted by atomic mass is 10.2. The van der Waals surface area contributed by atoms with Gasteiger partial charge in [-0.1, -0.05) is 0 Å². The average molecular weight is 292 g/mol. The van der Waals surface area contributed by atoms with Gasteiger partial charge in [0.2, 0.25) is 0 Å². The summed E-state index contributed by atoms with van der Waals surface area (Å²) in [5, 5.41) is 8.36. The van der Waals surface area contributed by atoms with Crippen LogP contribution in [0.4, 0.5) is 0 Å². The molecule has 0 saturated carbocycles. The van der Waals surface area contributed by atoms with Crippen molar-refractivity contribution in [2.24, 2.45) is 0 Å². The van der Waals surface area contributed by atoms with Crippen LogP contribution in [0.1, 0.15) is 27.2 Å². The fraction of sp³-hybridized carbons (Fsp3) is 0.846. The molecule has 20 heavy (non-hydrogen) atoms. The minimum Gasteiger partial charge on any atom is -0.481 e. The van der Waals surface area contributed by atoms with Crippen molar-refractivity contribution in [3.05, 3.63) is 0 Å². The third kappa shape index (κ3) is 14.9. The Bertz CT molecular complexity index is 283. The molecule has 0 unspecified atom stereocenters. The van der Waals surface area contributed by atoms with Gasteiger partial charge in [-0.05, 0) is 20.8 Å². The van der Waals surface area contributed by atoms with Gasteiger partial charge in [-0.15, -0.1) is 0 Å². The van der Waals surface area contributed by atoms with E-state index in [1.165, 1.54) is 0 Å². The third-order valence-corrected chi connectivity index (χ3v) is 1.84. The summed E-state index contributed by atoms with van der Waals surface area (Å²) in [6, 6.07) is 0. The van der Waals surface area contributed by atoms with Gasteiger partial charge in [-0.2, -0.15) is 0 Å². The number of rotatable bonds is 11. The third-order valence-electron chi connectivity index (χ3n) is 1.84. The Balaban J connectivity index is 3.25. The van der Waals surface area contributed by atoms with Crippen LogP contribution in [0, 0.1) is 0 Å². The minimum absolute atomic E-state index is 0.0149. The fourth-order valence-electron chi connectivity index (χ4n) is 1.13. The van der Waals surface area contributed by atoms with Gasteiger partial charge in [0.05, 0.1) is 39.5 Å². The first-order chi connectivity index (χ1) is 9.31. The molecule has 0 aliphatic heterocycles. The SMILES string of the molecule is CC(C)(C)OC(=O)COCCOCCOCCC(=O)O. The molecule has 7 nitrogen and oxygen atoms in total. The lowest BCUT2D eigenvalue weighted by molar-refractivity contribution is -0.160. The summed E-state index contributed by atoms with van der Waals surface area (Å²) in [5.74, 6) is -1.30. The highest BCUT2D eigenvalue weighted by atomic mass is 16.6. The molecule has 0 aliphatic carbocycles. The molecule has 0 atom stereocenters. The number of carbonyl (C=O) groups excluding carboxylic acids is 1. The van der Waals surface area contributed by atoms with E-state index in [0.717, 1.165) is 0 Å². The number of aliphatic carboxylic acids is 1. The molecule has 1 N–H and O–H groups in total. The molecule has 0 radical (unpaired) electrons. The van der Waals surface area contributed by atoms with Crippen LogP contribution in [0.3, 0.4) is 0 Å². The molecule has 0 heterocycles. The van der Waals surface area contributed by atoms with Gasteiger partial charge >= 0.3 is 11.9 Å². The van der Waals surface area contributed by atoms with Gasteiger partial charge in [-0.25, -0.2) is 4.79 Å². The van der Waals surface area contributed by atoms with Crippen molar-refractivity contribution in [1.82, 2.24) is 0 Å². The summed E-state index contributed by atoms with van der Waals surface area (Å²) in [6.45, 7) is 6.76. The number of carboxylic acid groups (broad SMARTS) is 1. The number of ether oxygens (including phenoxy) is 4. The lowest BCUT2D eigenvalue weighted by Crippen LogP contribution is -2.27. The molecule has 7 heteroatoms. The van der Waals surface area contributed by atoms with Crippen molar-refractivity contribution < 1.29 is 33.6 Å². The Labute approximate surface area is 119 Å². The number of carbonyl (C=O) groups is 2. The minimum atomic E-state index is -0.888. The molecule has 0 rings (SSSR count). The van der Waals surface area contributed by atoms with Gasteiger partial charge in [0.1, 0.15) is 12.2 Å². The molecular formula is C13H24O7. The monoisotopic (exact) mass is 292 g/mol. The molecular weight excluding hydrogens is 268 g/mol. The predicted molar refractivity (Wildman–Crippen MR) is 70.6 cm³/mol. The van der Waals surface area contributed by atoms with Crippen LogP contribution in [0.2, 0.25) is 0 Å². The van der Waals surface area contributed by atoms with Gasteiger partial charge in [0.15, 0.2) is 0 Å². The van der Waals surface area contributed by atoms with Crippen molar-refractivity contribution in [3.63, 3.8) is 0 Å². The van der Waals surface area contributed by atoms with E-state index in [0.29, 0.717) is 19.8 Å². The van der Waals surface area contributed by atoms with Crippen molar-refractivity contribution in [2.45, 2.75) is 32.8 Å². The molecule has 0 aromatic rings. The van der Waals surface area contributed by atoms with E-state index >= 15 is 0 Å². The zero-order chi connectivity index (χ0) is 15.4. The van der Waals surface area contributed by atoms with E-state index in [1.807, 2.05) is 0 Å².